The molecule has 0 aromatic carbocycles. The Morgan fingerprint density at radius 1 is 1.15 bits per heavy atom. The lowest BCUT2D eigenvalue weighted by atomic mass is 9.83. The van der Waals surface area contributed by atoms with Gasteiger partial charge in [-0.1, -0.05) is 32.2 Å². The van der Waals surface area contributed by atoms with Crippen molar-refractivity contribution in [3.05, 3.63) is 47.6 Å². The average molecular weight is 174 g/mol. The maximum Gasteiger partial charge on any atom is -0.0230 e. The van der Waals surface area contributed by atoms with Gasteiger partial charge in [-0.05, 0) is 48.5 Å². The predicted octanol–water partition coefficient (Wildman–Crippen LogP) is 4.18. The fraction of sp³-hybridized carbons (Fsp3) is 0.385. The van der Waals surface area contributed by atoms with Crippen molar-refractivity contribution >= 4 is 0 Å². The van der Waals surface area contributed by atoms with Crippen molar-refractivity contribution in [2.75, 3.05) is 0 Å². The first kappa shape index (κ1) is 10.0. The van der Waals surface area contributed by atoms with Crippen LogP contribution in [0.4, 0.5) is 0 Å². The molecule has 1 fully saturated rings. The molecule has 0 spiro atoms. The van der Waals surface area contributed by atoms with Crippen molar-refractivity contribution in [3.63, 3.8) is 0 Å². The zero-order valence-corrected chi connectivity index (χ0v) is 8.69. The van der Waals surface area contributed by atoms with Crippen LogP contribution >= 0.6 is 0 Å². The van der Waals surface area contributed by atoms with Crippen LogP contribution in [-0.2, 0) is 0 Å². The molecule has 0 nitrogen and oxygen atoms in total. The number of hydrogen-bond acceptors (Lipinski definition) is 0. The summed E-state index contributed by atoms with van der Waals surface area (Å²) in [7, 11) is 0. The van der Waals surface area contributed by atoms with E-state index in [0.717, 1.165) is 30.4 Å². The first-order valence-electron chi connectivity index (χ1n) is 4.93. The molecule has 0 saturated heterocycles. The lowest BCUT2D eigenvalue weighted by molar-refractivity contribution is 0.894. The van der Waals surface area contributed by atoms with Crippen LogP contribution in [0.2, 0.25) is 0 Å². The third kappa shape index (κ3) is 2.00. The van der Waals surface area contributed by atoms with Gasteiger partial charge in [-0.15, -0.1) is 0 Å². The standard InChI is InChI=1S/C13H18/c1-5-7-13-9-8-12(6-2)10(3)11(13)4/h6-7H,3-5,8-9H2,1-2H3/b12-6-,13-7-. The van der Waals surface area contributed by atoms with Crippen LogP contribution in [0.25, 0.3) is 0 Å². The molecule has 0 bridgehead atoms. The van der Waals surface area contributed by atoms with Gasteiger partial charge in [-0.2, -0.15) is 0 Å². The van der Waals surface area contributed by atoms with E-state index in [2.05, 4.69) is 39.2 Å². The van der Waals surface area contributed by atoms with Gasteiger partial charge in [0.25, 0.3) is 0 Å². The number of allylic oxidation sites excluding steroid dienone is 6. The molecule has 13 heavy (non-hydrogen) atoms. The fourth-order valence-corrected chi connectivity index (χ4v) is 1.75. The van der Waals surface area contributed by atoms with E-state index in [0.29, 0.717) is 0 Å². The van der Waals surface area contributed by atoms with Gasteiger partial charge in [-0.3, -0.25) is 0 Å². The largest absolute Gasteiger partial charge is 0.0909 e. The summed E-state index contributed by atoms with van der Waals surface area (Å²) in [6, 6.07) is 0. The van der Waals surface area contributed by atoms with Gasteiger partial charge in [-0.25, -0.2) is 0 Å². The van der Waals surface area contributed by atoms with E-state index in [1.807, 2.05) is 0 Å². The second-order valence-corrected chi connectivity index (χ2v) is 3.41. The van der Waals surface area contributed by atoms with Crippen LogP contribution < -0.4 is 0 Å². The Bertz CT molecular complexity index is 283. The molecule has 70 valence electrons. The molecule has 0 aliphatic heterocycles. The van der Waals surface area contributed by atoms with Crippen LogP contribution in [0, 0.1) is 0 Å². The van der Waals surface area contributed by atoms with E-state index >= 15 is 0 Å². The third-order valence-corrected chi connectivity index (χ3v) is 2.60. The Balaban J connectivity index is 2.89. The van der Waals surface area contributed by atoms with Crippen LogP contribution in [0.3, 0.4) is 0 Å². The highest BCUT2D eigenvalue weighted by molar-refractivity contribution is 5.56. The SMILES string of the molecule is C=C1C(=C)/C(=C\CC)CC/C1=C/C. The van der Waals surface area contributed by atoms with E-state index in [-0.39, 0.29) is 0 Å². The average Bonchev–Trinajstić information content (AvgIpc) is 2.14. The molecular weight excluding hydrogens is 156 g/mol. The summed E-state index contributed by atoms with van der Waals surface area (Å²) in [5, 5.41) is 0. The van der Waals surface area contributed by atoms with Crippen molar-refractivity contribution in [1.29, 1.82) is 0 Å². The molecule has 0 atom stereocenters. The maximum absolute atomic E-state index is 4.08. The van der Waals surface area contributed by atoms with Gasteiger partial charge in [0.05, 0.1) is 0 Å². The minimum Gasteiger partial charge on any atom is -0.0909 e. The quantitative estimate of drug-likeness (QED) is 0.559. The van der Waals surface area contributed by atoms with E-state index in [4.69, 9.17) is 0 Å². The highest BCUT2D eigenvalue weighted by Gasteiger charge is 2.16. The second kappa shape index (κ2) is 4.27. The topological polar surface area (TPSA) is 0 Å². The van der Waals surface area contributed by atoms with Crippen molar-refractivity contribution < 1.29 is 0 Å². The van der Waals surface area contributed by atoms with Gasteiger partial charge < -0.3 is 0 Å². The summed E-state index contributed by atoms with van der Waals surface area (Å²) in [4.78, 5) is 0. The van der Waals surface area contributed by atoms with Crippen molar-refractivity contribution in [1.82, 2.24) is 0 Å². The molecule has 1 saturated carbocycles. The van der Waals surface area contributed by atoms with E-state index in [1.165, 1.54) is 11.1 Å². The number of hydrogen-bond donors (Lipinski definition) is 0. The predicted molar refractivity (Wildman–Crippen MR) is 59.6 cm³/mol. The van der Waals surface area contributed by atoms with Gasteiger partial charge in [0.2, 0.25) is 0 Å². The molecule has 1 rings (SSSR count). The highest BCUT2D eigenvalue weighted by Crippen LogP contribution is 2.35. The molecule has 0 heterocycles. The fourth-order valence-electron chi connectivity index (χ4n) is 1.75. The highest BCUT2D eigenvalue weighted by atomic mass is 14.2. The Morgan fingerprint density at radius 3 is 2.23 bits per heavy atom. The molecule has 0 aromatic heterocycles. The normalized spacial score (nSPS) is 24.5. The van der Waals surface area contributed by atoms with Gasteiger partial charge in [0.1, 0.15) is 0 Å². The summed E-state index contributed by atoms with van der Waals surface area (Å²) >= 11 is 0. The monoisotopic (exact) mass is 174 g/mol. The summed E-state index contributed by atoms with van der Waals surface area (Å²) in [5.74, 6) is 0. The molecular formula is C13H18. The molecule has 0 radical (unpaired) electrons. The molecule has 0 heteroatoms. The Hall–Kier alpha value is -1.04. The van der Waals surface area contributed by atoms with E-state index < -0.39 is 0 Å². The molecule has 0 aromatic rings. The van der Waals surface area contributed by atoms with Crippen LogP contribution in [-0.4, -0.2) is 0 Å². The van der Waals surface area contributed by atoms with Crippen LogP contribution in [0.15, 0.2) is 47.6 Å². The zero-order valence-electron chi connectivity index (χ0n) is 8.69. The molecule has 1 aliphatic carbocycles. The first-order chi connectivity index (χ1) is 6.20. The minimum absolute atomic E-state index is 1.09. The summed E-state index contributed by atoms with van der Waals surface area (Å²) < 4.78 is 0. The third-order valence-electron chi connectivity index (χ3n) is 2.60. The van der Waals surface area contributed by atoms with Crippen molar-refractivity contribution in [3.8, 4) is 0 Å². The second-order valence-electron chi connectivity index (χ2n) is 3.41. The van der Waals surface area contributed by atoms with Crippen molar-refractivity contribution in [2.24, 2.45) is 0 Å². The lowest BCUT2D eigenvalue weighted by Crippen LogP contribution is -2.03. The maximum atomic E-state index is 4.08. The van der Waals surface area contributed by atoms with Gasteiger partial charge in [0, 0.05) is 0 Å². The van der Waals surface area contributed by atoms with Crippen molar-refractivity contribution in [2.45, 2.75) is 33.1 Å². The Labute approximate surface area is 81.4 Å². The van der Waals surface area contributed by atoms with Crippen LogP contribution in [0.1, 0.15) is 33.1 Å². The Kier molecular flexibility index (Phi) is 3.30. The van der Waals surface area contributed by atoms with E-state index in [9.17, 15) is 0 Å². The van der Waals surface area contributed by atoms with Gasteiger partial charge in [0.15, 0.2) is 0 Å². The molecule has 1 aliphatic rings. The van der Waals surface area contributed by atoms with Crippen LogP contribution in [0.5, 0.6) is 0 Å². The molecule has 0 amide bonds. The number of rotatable bonds is 1. The Morgan fingerprint density at radius 2 is 1.69 bits per heavy atom. The summed E-state index contributed by atoms with van der Waals surface area (Å²) in [6.07, 6.45) is 7.76. The zero-order chi connectivity index (χ0) is 9.84. The van der Waals surface area contributed by atoms with Gasteiger partial charge >= 0.3 is 0 Å². The lowest BCUT2D eigenvalue weighted by Gasteiger charge is -2.22. The first-order valence-corrected chi connectivity index (χ1v) is 4.93. The smallest absolute Gasteiger partial charge is 0.0230 e. The van der Waals surface area contributed by atoms with E-state index in [1.54, 1.807) is 0 Å². The summed E-state index contributed by atoms with van der Waals surface area (Å²) in [5.41, 5.74) is 5.02. The summed E-state index contributed by atoms with van der Waals surface area (Å²) in [6.45, 7) is 12.4. The molecule has 0 N–H and O–H groups in total. The molecule has 0 unspecified atom stereocenters. The minimum atomic E-state index is 1.09.